The highest BCUT2D eigenvalue weighted by Gasteiger charge is 2.24. The smallest absolute Gasteiger partial charge is 0.272 e. The van der Waals surface area contributed by atoms with E-state index < -0.39 is 0 Å². The van der Waals surface area contributed by atoms with Gasteiger partial charge in [-0.25, -0.2) is 4.98 Å². The Morgan fingerprint density at radius 2 is 1.69 bits per heavy atom. The van der Waals surface area contributed by atoms with Gasteiger partial charge in [0.15, 0.2) is 0 Å². The van der Waals surface area contributed by atoms with Gasteiger partial charge in [0.2, 0.25) is 0 Å². The van der Waals surface area contributed by atoms with Crippen molar-refractivity contribution in [1.29, 1.82) is 0 Å². The lowest BCUT2D eigenvalue weighted by Gasteiger charge is -2.31. The molecule has 0 spiro atoms. The molecule has 1 amide bonds. The third kappa shape index (κ3) is 3.75. The van der Waals surface area contributed by atoms with Crippen molar-refractivity contribution in [3.05, 3.63) is 78.0 Å². The van der Waals surface area contributed by atoms with Crippen molar-refractivity contribution in [3.63, 3.8) is 0 Å². The Bertz CT molecular complexity index is 887. The molecule has 0 radical (unpaired) electrons. The van der Waals surface area contributed by atoms with Crippen LogP contribution in [-0.4, -0.2) is 35.0 Å². The predicted octanol–water partition coefficient (Wildman–Crippen LogP) is 4.06. The van der Waals surface area contributed by atoms with Gasteiger partial charge in [0.1, 0.15) is 5.69 Å². The molecular weight excluding hydrogens is 324 g/mol. The molecule has 2 aromatic carbocycles. The summed E-state index contributed by atoms with van der Waals surface area (Å²) in [5.74, 6) is 0.0114. The van der Waals surface area contributed by atoms with Crippen LogP contribution in [0.3, 0.4) is 0 Å². The molecule has 0 atom stereocenters. The maximum Gasteiger partial charge on any atom is 0.272 e. The van der Waals surface area contributed by atoms with Crippen LogP contribution in [0.2, 0.25) is 0 Å². The van der Waals surface area contributed by atoms with Crippen molar-refractivity contribution in [2.75, 3.05) is 13.1 Å². The molecule has 3 aromatic rings. The summed E-state index contributed by atoms with van der Waals surface area (Å²) in [5.41, 5.74) is 2.57. The van der Waals surface area contributed by atoms with E-state index in [1.807, 2.05) is 59.5 Å². The fraction of sp³-hybridized carbons (Fsp3) is 0.273. The Labute approximate surface area is 153 Å². The minimum atomic E-state index is 0.0114. The fourth-order valence-corrected chi connectivity index (χ4v) is 3.36. The number of benzene rings is 2. The predicted molar refractivity (Wildman–Crippen MR) is 102 cm³/mol. The van der Waals surface area contributed by atoms with E-state index in [9.17, 15) is 4.79 Å². The number of hydrogen-bond acceptors (Lipinski definition) is 3. The molecule has 132 valence electrons. The number of carbonyl (C=O) groups excluding carboxylic acids is 1. The third-order valence-electron chi connectivity index (χ3n) is 4.88. The van der Waals surface area contributed by atoms with Crippen molar-refractivity contribution >= 4 is 16.8 Å². The highest BCUT2D eigenvalue weighted by molar-refractivity contribution is 5.94. The summed E-state index contributed by atoms with van der Waals surface area (Å²) in [4.78, 5) is 19.2. The number of pyridine rings is 1. The third-order valence-corrected chi connectivity index (χ3v) is 4.88. The molecule has 0 N–H and O–H groups in total. The molecule has 1 aromatic heterocycles. The topological polar surface area (TPSA) is 42.4 Å². The number of likely N-dealkylation sites (tertiary alicyclic amines) is 1. The molecule has 1 saturated heterocycles. The van der Waals surface area contributed by atoms with Crippen molar-refractivity contribution < 1.29 is 9.53 Å². The maximum atomic E-state index is 12.8. The lowest BCUT2D eigenvalue weighted by atomic mass is 10.1. The molecule has 4 heteroatoms. The largest absolute Gasteiger partial charge is 0.373 e. The molecule has 4 nitrogen and oxygen atoms in total. The Morgan fingerprint density at radius 3 is 2.50 bits per heavy atom. The van der Waals surface area contributed by atoms with E-state index in [-0.39, 0.29) is 12.0 Å². The van der Waals surface area contributed by atoms with E-state index in [1.165, 1.54) is 5.56 Å². The van der Waals surface area contributed by atoms with Gasteiger partial charge in [-0.1, -0.05) is 54.6 Å². The first kappa shape index (κ1) is 16.7. The first-order valence-electron chi connectivity index (χ1n) is 9.10. The van der Waals surface area contributed by atoms with Gasteiger partial charge in [-0.05, 0) is 30.5 Å². The van der Waals surface area contributed by atoms with Crippen LogP contribution in [0.1, 0.15) is 28.9 Å². The van der Waals surface area contributed by atoms with Crippen molar-refractivity contribution in [1.82, 2.24) is 9.88 Å². The average molecular weight is 346 g/mol. The van der Waals surface area contributed by atoms with Crippen LogP contribution in [0.4, 0.5) is 0 Å². The first-order valence-corrected chi connectivity index (χ1v) is 9.10. The molecular formula is C22H22N2O2. The highest BCUT2D eigenvalue weighted by Crippen LogP contribution is 2.19. The summed E-state index contributed by atoms with van der Waals surface area (Å²) in [5, 5.41) is 1.05. The van der Waals surface area contributed by atoms with Crippen molar-refractivity contribution in [3.8, 4) is 0 Å². The normalized spacial score (nSPS) is 15.3. The van der Waals surface area contributed by atoms with Gasteiger partial charge in [-0.15, -0.1) is 0 Å². The summed E-state index contributed by atoms with van der Waals surface area (Å²) in [6, 6.07) is 21.9. The van der Waals surface area contributed by atoms with Crippen LogP contribution in [0.5, 0.6) is 0 Å². The van der Waals surface area contributed by atoms with E-state index in [2.05, 4.69) is 17.1 Å². The Balaban J connectivity index is 1.34. The number of rotatable bonds is 4. The monoisotopic (exact) mass is 346 g/mol. The fourth-order valence-electron chi connectivity index (χ4n) is 3.36. The summed E-state index contributed by atoms with van der Waals surface area (Å²) < 4.78 is 6.01. The van der Waals surface area contributed by atoms with Gasteiger partial charge >= 0.3 is 0 Å². The zero-order chi connectivity index (χ0) is 17.8. The second kappa shape index (κ2) is 7.67. The Kier molecular flexibility index (Phi) is 4.93. The summed E-state index contributed by atoms with van der Waals surface area (Å²) in [6.07, 6.45) is 1.95. The summed E-state index contributed by atoms with van der Waals surface area (Å²) >= 11 is 0. The van der Waals surface area contributed by atoms with Gasteiger partial charge in [-0.3, -0.25) is 4.79 Å². The van der Waals surface area contributed by atoms with Crippen LogP contribution < -0.4 is 0 Å². The van der Waals surface area contributed by atoms with E-state index in [1.54, 1.807) is 0 Å². The van der Waals surface area contributed by atoms with Crippen LogP contribution in [-0.2, 0) is 11.3 Å². The molecule has 0 saturated carbocycles. The van der Waals surface area contributed by atoms with Gasteiger partial charge in [0.25, 0.3) is 5.91 Å². The van der Waals surface area contributed by atoms with Crippen LogP contribution in [0.15, 0.2) is 66.7 Å². The molecule has 1 aliphatic rings. The average Bonchev–Trinajstić information content (AvgIpc) is 2.72. The number of carbonyl (C=O) groups is 1. The van der Waals surface area contributed by atoms with Crippen molar-refractivity contribution in [2.24, 2.45) is 0 Å². The second-order valence-corrected chi connectivity index (χ2v) is 6.68. The molecule has 2 heterocycles. The van der Waals surface area contributed by atoms with Gasteiger partial charge < -0.3 is 9.64 Å². The molecule has 0 aliphatic carbocycles. The van der Waals surface area contributed by atoms with Crippen LogP contribution >= 0.6 is 0 Å². The van der Waals surface area contributed by atoms with E-state index in [4.69, 9.17) is 4.74 Å². The number of nitrogens with zero attached hydrogens (tertiary/aromatic N) is 2. The summed E-state index contributed by atoms with van der Waals surface area (Å²) in [6.45, 7) is 2.06. The molecule has 26 heavy (non-hydrogen) atoms. The molecule has 1 aliphatic heterocycles. The molecule has 0 unspecified atom stereocenters. The number of ether oxygens (including phenoxy) is 1. The number of para-hydroxylation sites is 1. The van der Waals surface area contributed by atoms with E-state index in [0.717, 1.165) is 23.7 Å². The minimum absolute atomic E-state index is 0.0114. The zero-order valence-electron chi connectivity index (χ0n) is 14.7. The number of hydrogen-bond donors (Lipinski definition) is 0. The minimum Gasteiger partial charge on any atom is -0.373 e. The standard InChI is InChI=1S/C22H22N2O2/c25-22(21-11-10-18-8-4-5-9-20(18)23-21)24-14-12-19(13-15-24)26-16-17-6-2-1-3-7-17/h1-11,19H,12-16H2. The van der Waals surface area contributed by atoms with Gasteiger partial charge in [0.05, 0.1) is 18.2 Å². The van der Waals surface area contributed by atoms with E-state index >= 15 is 0 Å². The van der Waals surface area contributed by atoms with E-state index in [0.29, 0.717) is 25.4 Å². The lowest BCUT2D eigenvalue weighted by Crippen LogP contribution is -2.41. The number of amides is 1. The molecule has 0 bridgehead atoms. The van der Waals surface area contributed by atoms with Gasteiger partial charge in [-0.2, -0.15) is 0 Å². The zero-order valence-corrected chi connectivity index (χ0v) is 14.7. The maximum absolute atomic E-state index is 12.8. The SMILES string of the molecule is O=C(c1ccc2ccccc2n1)N1CCC(OCc2ccccc2)CC1. The highest BCUT2D eigenvalue weighted by atomic mass is 16.5. The van der Waals surface area contributed by atoms with Crippen LogP contribution in [0, 0.1) is 0 Å². The number of piperidine rings is 1. The van der Waals surface area contributed by atoms with Gasteiger partial charge in [0, 0.05) is 18.5 Å². The van der Waals surface area contributed by atoms with Crippen LogP contribution in [0.25, 0.3) is 10.9 Å². The molecule has 4 rings (SSSR count). The Morgan fingerprint density at radius 1 is 0.962 bits per heavy atom. The summed E-state index contributed by atoms with van der Waals surface area (Å²) in [7, 11) is 0. The van der Waals surface area contributed by atoms with Crippen molar-refractivity contribution in [2.45, 2.75) is 25.6 Å². The number of fused-ring (bicyclic) bond motifs is 1. The number of aromatic nitrogens is 1. The second-order valence-electron chi connectivity index (χ2n) is 6.68. The molecule has 1 fully saturated rings. The Hall–Kier alpha value is -2.72. The quantitative estimate of drug-likeness (QED) is 0.715. The first-order chi connectivity index (χ1) is 12.8. The lowest BCUT2D eigenvalue weighted by molar-refractivity contribution is -0.000499.